The maximum absolute atomic E-state index is 13.5. The van der Waals surface area contributed by atoms with Crippen LogP contribution in [0.5, 0.6) is 0 Å². The zero-order chi connectivity index (χ0) is 22.2. The van der Waals surface area contributed by atoms with Gasteiger partial charge in [0.2, 0.25) is 0 Å². The molecule has 0 spiro atoms. The Kier molecular flexibility index (Phi) is 5.60. The maximum Gasteiger partial charge on any atom is 0.416 e. The molecule has 3 aromatic rings. The molecule has 0 saturated heterocycles. The highest BCUT2D eigenvalue weighted by Gasteiger charge is 2.35. The van der Waals surface area contributed by atoms with Gasteiger partial charge in [-0.3, -0.25) is 4.90 Å². The van der Waals surface area contributed by atoms with Gasteiger partial charge in [0.1, 0.15) is 0 Å². The van der Waals surface area contributed by atoms with Crippen molar-refractivity contribution >= 4 is 0 Å². The third kappa shape index (κ3) is 4.49. The molecule has 2 nitrogen and oxygen atoms in total. The molecule has 4 rings (SSSR count). The van der Waals surface area contributed by atoms with Gasteiger partial charge >= 0.3 is 12.4 Å². The third-order valence-electron chi connectivity index (χ3n) is 5.60. The predicted octanol–water partition coefficient (Wildman–Crippen LogP) is 6.52. The third-order valence-corrected chi connectivity index (χ3v) is 5.60. The quantitative estimate of drug-likeness (QED) is 0.423. The molecule has 2 aromatic carbocycles. The van der Waals surface area contributed by atoms with E-state index in [1.54, 1.807) is 6.07 Å². The van der Waals surface area contributed by atoms with Gasteiger partial charge in [-0.05, 0) is 47.9 Å². The average molecular weight is 438 g/mol. The highest BCUT2D eigenvalue weighted by molar-refractivity contribution is 5.35. The second-order valence-corrected chi connectivity index (χ2v) is 7.63. The van der Waals surface area contributed by atoms with Crippen LogP contribution in [0.4, 0.5) is 26.3 Å². The van der Waals surface area contributed by atoms with Crippen LogP contribution in [0.15, 0.2) is 66.9 Å². The summed E-state index contributed by atoms with van der Waals surface area (Å²) in [6, 6.07) is 13.6. The van der Waals surface area contributed by atoms with E-state index in [2.05, 4.69) is 0 Å². The molecule has 31 heavy (non-hydrogen) atoms. The van der Waals surface area contributed by atoms with Crippen molar-refractivity contribution in [3.8, 4) is 0 Å². The predicted molar refractivity (Wildman–Crippen MR) is 104 cm³/mol. The van der Waals surface area contributed by atoms with Crippen LogP contribution in [-0.4, -0.2) is 16.0 Å². The number of fused-ring (bicyclic) bond motifs is 1. The van der Waals surface area contributed by atoms with Gasteiger partial charge in [-0.25, -0.2) is 0 Å². The SMILES string of the molecule is FC(F)(F)c1ccc([C@H]2c3cccn3CCCN2Cc2ccccc2C(F)(F)F)cc1. The summed E-state index contributed by atoms with van der Waals surface area (Å²) >= 11 is 0. The zero-order valence-electron chi connectivity index (χ0n) is 16.4. The molecule has 1 aliphatic rings. The molecule has 0 bridgehead atoms. The summed E-state index contributed by atoms with van der Waals surface area (Å²) in [5, 5.41) is 0. The normalized spacial score (nSPS) is 17.9. The van der Waals surface area contributed by atoms with Gasteiger partial charge in [0.05, 0.1) is 17.2 Å². The number of nitrogens with zero attached hydrogens (tertiary/aromatic N) is 2. The minimum Gasteiger partial charge on any atom is -0.350 e. The van der Waals surface area contributed by atoms with Gasteiger partial charge in [0, 0.05) is 31.5 Å². The number of aromatic nitrogens is 1. The number of benzene rings is 2. The van der Waals surface area contributed by atoms with Crippen LogP contribution in [0, 0.1) is 0 Å². The molecular weight excluding hydrogens is 418 g/mol. The lowest BCUT2D eigenvalue weighted by atomic mass is 9.98. The van der Waals surface area contributed by atoms with E-state index in [0.29, 0.717) is 25.1 Å². The Morgan fingerprint density at radius 2 is 1.48 bits per heavy atom. The van der Waals surface area contributed by atoms with Crippen LogP contribution in [0.3, 0.4) is 0 Å². The summed E-state index contributed by atoms with van der Waals surface area (Å²) in [7, 11) is 0. The van der Waals surface area contributed by atoms with Gasteiger partial charge < -0.3 is 4.57 Å². The Morgan fingerprint density at radius 1 is 0.774 bits per heavy atom. The summed E-state index contributed by atoms with van der Waals surface area (Å²) in [4.78, 5) is 1.91. The molecule has 0 aliphatic carbocycles. The van der Waals surface area contributed by atoms with Crippen molar-refractivity contribution < 1.29 is 26.3 Å². The lowest BCUT2D eigenvalue weighted by Gasteiger charge is -2.31. The fraction of sp³-hybridized carbons (Fsp3) is 0.304. The van der Waals surface area contributed by atoms with Gasteiger partial charge in [0.25, 0.3) is 0 Å². The summed E-state index contributed by atoms with van der Waals surface area (Å²) in [5.74, 6) is 0. The van der Waals surface area contributed by atoms with E-state index in [1.807, 2.05) is 27.8 Å². The van der Waals surface area contributed by atoms with Gasteiger partial charge in [0.15, 0.2) is 0 Å². The standard InChI is InChI=1S/C23H20F6N2/c24-22(25,26)18-10-8-16(9-11-18)21-20-7-3-12-30(20)13-4-14-31(21)15-17-5-1-2-6-19(17)23(27,28)29/h1-3,5-12,21H,4,13-15H2/t21-/m0/s1. The first-order valence-corrected chi connectivity index (χ1v) is 9.86. The first-order valence-electron chi connectivity index (χ1n) is 9.86. The molecule has 0 fully saturated rings. The maximum atomic E-state index is 13.5. The monoisotopic (exact) mass is 438 g/mol. The second-order valence-electron chi connectivity index (χ2n) is 7.63. The molecule has 0 unspecified atom stereocenters. The molecule has 0 amide bonds. The van der Waals surface area contributed by atoms with Crippen LogP contribution in [0.1, 0.15) is 40.4 Å². The van der Waals surface area contributed by atoms with E-state index < -0.39 is 29.5 Å². The second kappa shape index (κ2) is 8.07. The minimum absolute atomic E-state index is 0.0343. The number of aryl methyl sites for hydroxylation is 1. The minimum atomic E-state index is -4.48. The van der Waals surface area contributed by atoms with Crippen molar-refractivity contribution in [3.63, 3.8) is 0 Å². The number of halogens is 6. The fourth-order valence-electron chi connectivity index (χ4n) is 4.20. The molecule has 164 valence electrons. The van der Waals surface area contributed by atoms with Crippen LogP contribution in [0.25, 0.3) is 0 Å². The molecular formula is C23H20F6N2. The molecule has 1 atom stereocenters. The molecule has 1 aromatic heterocycles. The Hall–Kier alpha value is -2.74. The Bertz CT molecular complexity index is 1030. The number of rotatable bonds is 3. The van der Waals surface area contributed by atoms with Gasteiger partial charge in [-0.1, -0.05) is 30.3 Å². The molecule has 8 heteroatoms. The van der Waals surface area contributed by atoms with Crippen LogP contribution < -0.4 is 0 Å². The topological polar surface area (TPSA) is 8.17 Å². The fourth-order valence-corrected chi connectivity index (χ4v) is 4.20. The van der Waals surface area contributed by atoms with E-state index in [9.17, 15) is 26.3 Å². The van der Waals surface area contributed by atoms with Gasteiger partial charge in [-0.2, -0.15) is 26.3 Å². The van der Waals surface area contributed by atoms with Crippen molar-refractivity contribution in [1.82, 2.24) is 9.47 Å². The van der Waals surface area contributed by atoms with Crippen LogP contribution >= 0.6 is 0 Å². The Labute approximate surface area is 175 Å². The van der Waals surface area contributed by atoms with Gasteiger partial charge in [-0.15, -0.1) is 0 Å². The highest BCUT2D eigenvalue weighted by Crippen LogP contribution is 2.38. The molecule has 2 heterocycles. The summed E-state index contributed by atoms with van der Waals surface area (Å²) < 4.78 is 81.6. The van der Waals surface area contributed by atoms with Crippen LogP contribution in [-0.2, 0) is 25.4 Å². The number of hydrogen-bond acceptors (Lipinski definition) is 1. The van der Waals surface area contributed by atoms with E-state index in [4.69, 9.17) is 0 Å². The highest BCUT2D eigenvalue weighted by atomic mass is 19.4. The van der Waals surface area contributed by atoms with Crippen molar-refractivity contribution in [2.24, 2.45) is 0 Å². The van der Waals surface area contributed by atoms with E-state index in [-0.39, 0.29) is 12.1 Å². The molecule has 0 saturated carbocycles. The van der Waals surface area contributed by atoms with E-state index in [1.165, 1.54) is 24.3 Å². The summed E-state index contributed by atoms with van der Waals surface area (Å²) in [6.45, 7) is 1.24. The largest absolute Gasteiger partial charge is 0.416 e. The van der Waals surface area contributed by atoms with Crippen LogP contribution in [0.2, 0.25) is 0 Å². The molecule has 0 radical (unpaired) electrons. The van der Waals surface area contributed by atoms with Crippen molar-refractivity contribution in [3.05, 3.63) is 94.8 Å². The van der Waals surface area contributed by atoms with E-state index >= 15 is 0 Å². The summed E-state index contributed by atoms with van der Waals surface area (Å²) in [6.07, 6.45) is -6.33. The summed E-state index contributed by atoms with van der Waals surface area (Å²) in [5.41, 5.74) is 0.156. The zero-order valence-corrected chi connectivity index (χ0v) is 16.4. The van der Waals surface area contributed by atoms with E-state index in [0.717, 1.165) is 23.9 Å². The van der Waals surface area contributed by atoms with Crippen molar-refractivity contribution in [2.45, 2.75) is 37.9 Å². The first-order chi connectivity index (χ1) is 14.6. The number of alkyl halides is 6. The Balaban J connectivity index is 1.75. The first kappa shape index (κ1) is 21.5. The molecule has 1 aliphatic heterocycles. The lowest BCUT2D eigenvalue weighted by Crippen LogP contribution is -2.30. The lowest BCUT2D eigenvalue weighted by molar-refractivity contribution is -0.139. The van der Waals surface area contributed by atoms with Crippen molar-refractivity contribution in [1.29, 1.82) is 0 Å². The average Bonchev–Trinajstić information content (AvgIpc) is 3.08. The smallest absolute Gasteiger partial charge is 0.350 e. The van der Waals surface area contributed by atoms with Crippen molar-refractivity contribution in [2.75, 3.05) is 6.54 Å². The number of hydrogen-bond donors (Lipinski definition) is 0. The molecule has 0 N–H and O–H groups in total. The Morgan fingerprint density at radius 3 is 2.16 bits per heavy atom.